The molecule has 0 spiro atoms. The van der Waals surface area contributed by atoms with E-state index >= 15 is 0 Å². The van der Waals surface area contributed by atoms with Gasteiger partial charge in [0, 0.05) is 19.0 Å². The third kappa shape index (κ3) is 6.13. The van der Waals surface area contributed by atoms with Gasteiger partial charge in [-0.3, -0.25) is 4.79 Å². The van der Waals surface area contributed by atoms with Gasteiger partial charge < -0.3 is 20.1 Å². The molecular formula is C30H34N2O4. The summed E-state index contributed by atoms with van der Waals surface area (Å²) >= 11 is 0. The maximum absolute atomic E-state index is 12.7. The molecule has 6 heteroatoms. The molecule has 3 aromatic carbocycles. The summed E-state index contributed by atoms with van der Waals surface area (Å²) < 4.78 is 11.1. The zero-order valence-electron chi connectivity index (χ0n) is 20.9. The summed E-state index contributed by atoms with van der Waals surface area (Å²) in [5.74, 6) is -0.160. The monoisotopic (exact) mass is 486 g/mol. The van der Waals surface area contributed by atoms with Crippen molar-refractivity contribution in [1.29, 1.82) is 0 Å². The highest BCUT2D eigenvalue weighted by molar-refractivity contribution is 5.79. The molecule has 188 valence electrons. The third-order valence-electron chi connectivity index (χ3n) is 6.79. The molecule has 1 amide bonds. The van der Waals surface area contributed by atoms with Crippen molar-refractivity contribution >= 4 is 12.1 Å². The average Bonchev–Trinajstić information content (AvgIpc) is 3.24. The normalized spacial score (nSPS) is 13.8. The lowest BCUT2D eigenvalue weighted by Gasteiger charge is -2.23. The Morgan fingerprint density at radius 1 is 0.833 bits per heavy atom. The van der Waals surface area contributed by atoms with Gasteiger partial charge in [-0.2, -0.15) is 0 Å². The SMILES string of the molecule is CC[C@H](C)[C@H](NCCNC(=O)OCC1c2ccccc2-c2ccccc21)C(=O)OCc1ccccc1. The molecule has 0 bridgehead atoms. The van der Waals surface area contributed by atoms with Crippen LogP contribution in [0.25, 0.3) is 11.1 Å². The van der Waals surface area contributed by atoms with Crippen LogP contribution < -0.4 is 10.6 Å². The number of carbonyl (C=O) groups excluding carboxylic acids is 2. The second kappa shape index (κ2) is 12.4. The number of carbonyl (C=O) groups is 2. The van der Waals surface area contributed by atoms with Gasteiger partial charge in [0.1, 0.15) is 19.3 Å². The van der Waals surface area contributed by atoms with E-state index in [1.165, 1.54) is 22.3 Å². The fourth-order valence-corrected chi connectivity index (χ4v) is 4.61. The van der Waals surface area contributed by atoms with E-state index < -0.39 is 12.1 Å². The number of amides is 1. The van der Waals surface area contributed by atoms with Crippen LogP contribution >= 0.6 is 0 Å². The lowest BCUT2D eigenvalue weighted by atomic mass is 9.98. The molecule has 0 aliphatic heterocycles. The smallest absolute Gasteiger partial charge is 0.407 e. The van der Waals surface area contributed by atoms with Crippen molar-refractivity contribution in [3.05, 3.63) is 95.6 Å². The minimum absolute atomic E-state index is 0.0236. The third-order valence-corrected chi connectivity index (χ3v) is 6.79. The Bertz CT molecular complexity index is 1120. The summed E-state index contributed by atoms with van der Waals surface area (Å²) in [5.41, 5.74) is 5.70. The Kier molecular flexibility index (Phi) is 8.74. The molecule has 4 rings (SSSR count). The largest absolute Gasteiger partial charge is 0.460 e. The van der Waals surface area contributed by atoms with Gasteiger partial charge in [0.05, 0.1) is 0 Å². The van der Waals surface area contributed by atoms with Crippen LogP contribution in [0.2, 0.25) is 0 Å². The first-order chi connectivity index (χ1) is 17.6. The highest BCUT2D eigenvalue weighted by Gasteiger charge is 2.29. The summed E-state index contributed by atoms with van der Waals surface area (Å²) in [6, 6.07) is 25.7. The van der Waals surface area contributed by atoms with E-state index in [4.69, 9.17) is 9.47 Å². The number of nitrogens with one attached hydrogen (secondary N) is 2. The lowest BCUT2D eigenvalue weighted by molar-refractivity contribution is -0.149. The molecule has 0 saturated carbocycles. The summed E-state index contributed by atoms with van der Waals surface area (Å²) in [5, 5.41) is 6.03. The molecule has 2 atom stereocenters. The van der Waals surface area contributed by atoms with Crippen molar-refractivity contribution in [3.8, 4) is 11.1 Å². The molecule has 0 aromatic heterocycles. The first kappa shape index (κ1) is 25.5. The van der Waals surface area contributed by atoms with Crippen LogP contribution in [0, 0.1) is 5.92 Å². The van der Waals surface area contributed by atoms with Crippen molar-refractivity contribution in [1.82, 2.24) is 10.6 Å². The molecule has 36 heavy (non-hydrogen) atoms. The quantitative estimate of drug-likeness (QED) is 0.285. The number of alkyl carbamates (subject to hydrolysis) is 1. The second-order valence-electron chi connectivity index (χ2n) is 9.16. The summed E-state index contributed by atoms with van der Waals surface area (Å²) in [7, 11) is 0. The van der Waals surface area contributed by atoms with Gasteiger partial charge >= 0.3 is 12.1 Å². The lowest BCUT2D eigenvalue weighted by Crippen LogP contribution is -2.45. The summed E-state index contributed by atoms with van der Waals surface area (Å²) in [4.78, 5) is 25.1. The van der Waals surface area contributed by atoms with E-state index in [1.807, 2.05) is 68.4 Å². The number of fused-ring (bicyclic) bond motifs is 3. The average molecular weight is 487 g/mol. The van der Waals surface area contributed by atoms with Gasteiger partial charge in [0.25, 0.3) is 0 Å². The Labute approximate surface area is 213 Å². The van der Waals surface area contributed by atoms with Gasteiger partial charge in [-0.1, -0.05) is 99.1 Å². The first-order valence-corrected chi connectivity index (χ1v) is 12.6. The Hall–Kier alpha value is -3.64. The maximum atomic E-state index is 12.7. The molecule has 0 heterocycles. The van der Waals surface area contributed by atoms with Crippen LogP contribution in [0.4, 0.5) is 4.79 Å². The van der Waals surface area contributed by atoms with Crippen molar-refractivity contribution in [2.75, 3.05) is 19.7 Å². The van der Waals surface area contributed by atoms with Crippen LogP contribution in [-0.2, 0) is 20.9 Å². The number of esters is 1. The molecule has 1 aliphatic carbocycles. The number of rotatable bonds is 11. The molecule has 6 nitrogen and oxygen atoms in total. The van der Waals surface area contributed by atoms with E-state index in [1.54, 1.807) is 0 Å². The summed E-state index contributed by atoms with van der Waals surface area (Å²) in [6.45, 7) is 5.34. The van der Waals surface area contributed by atoms with E-state index in [0.717, 1.165) is 12.0 Å². The van der Waals surface area contributed by atoms with Gasteiger partial charge in [-0.25, -0.2) is 4.79 Å². The predicted octanol–water partition coefficient (Wildman–Crippen LogP) is 5.27. The topological polar surface area (TPSA) is 76.7 Å². The number of hydrogen-bond acceptors (Lipinski definition) is 5. The molecule has 0 fully saturated rings. The van der Waals surface area contributed by atoms with Gasteiger partial charge in [-0.05, 0) is 33.7 Å². The van der Waals surface area contributed by atoms with E-state index in [0.29, 0.717) is 13.1 Å². The first-order valence-electron chi connectivity index (χ1n) is 12.6. The molecule has 2 N–H and O–H groups in total. The van der Waals surface area contributed by atoms with Crippen molar-refractivity contribution in [3.63, 3.8) is 0 Å². The molecule has 3 aromatic rings. The van der Waals surface area contributed by atoms with E-state index in [2.05, 4.69) is 34.9 Å². The minimum atomic E-state index is -0.467. The summed E-state index contributed by atoms with van der Waals surface area (Å²) in [6.07, 6.45) is 0.364. The molecule has 0 radical (unpaired) electrons. The van der Waals surface area contributed by atoms with Crippen LogP contribution in [0.3, 0.4) is 0 Å². The maximum Gasteiger partial charge on any atom is 0.407 e. The highest BCUT2D eigenvalue weighted by atomic mass is 16.5. The van der Waals surface area contributed by atoms with Crippen LogP contribution in [-0.4, -0.2) is 37.8 Å². The molecule has 1 aliphatic rings. The standard InChI is InChI=1S/C30H34N2O4/c1-3-21(2)28(29(33)35-19-22-11-5-4-6-12-22)31-17-18-32-30(34)36-20-27-25-15-9-7-13-23(25)24-14-8-10-16-26(24)27/h4-16,21,27-28,31H,3,17-20H2,1-2H3,(H,32,34)/t21-,28-/m0/s1. The zero-order chi connectivity index (χ0) is 25.3. The van der Waals surface area contributed by atoms with Crippen molar-refractivity contribution < 1.29 is 19.1 Å². The Morgan fingerprint density at radius 2 is 1.44 bits per heavy atom. The van der Waals surface area contributed by atoms with Gasteiger partial charge in [0.2, 0.25) is 0 Å². The molecular weight excluding hydrogens is 452 g/mol. The molecule has 0 saturated heterocycles. The second-order valence-corrected chi connectivity index (χ2v) is 9.16. The molecule has 0 unspecified atom stereocenters. The van der Waals surface area contributed by atoms with Crippen LogP contribution in [0.15, 0.2) is 78.9 Å². The number of hydrogen-bond donors (Lipinski definition) is 2. The van der Waals surface area contributed by atoms with Crippen molar-refractivity contribution in [2.24, 2.45) is 5.92 Å². The highest BCUT2D eigenvalue weighted by Crippen LogP contribution is 2.44. The number of benzene rings is 3. The number of ether oxygens (including phenoxy) is 2. The fourth-order valence-electron chi connectivity index (χ4n) is 4.61. The van der Waals surface area contributed by atoms with E-state index in [9.17, 15) is 9.59 Å². The van der Waals surface area contributed by atoms with E-state index in [-0.39, 0.29) is 31.0 Å². The zero-order valence-corrected chi connectivity index (χ0v) is 20.9. The van der Waals surface area contributed by atoms with Crippen LogP contribution in [0.5, 0.6) is 0 Å². The minimum Gasteiger partial charge on any atom is -0.460 e. The van der Waals surface area contributed by atoms with Crippen molar-refractivity contribution in [2.45, 2.75) is 38.8 Å². The fraction of sp³-hybridized carbons (Fsp3) is 0.333. The van der Waals surface area contributed by atoms with Gasteiger partial charge in [0.15, 0.2) is 0 Å². The van der Waals surface area contributed by atoms with Gasteiger partial charge in [-0.15, -0.1) is 0 Å². The van der Waals surface area contributed by atoms with Crippen LogP contribution in [0.1, 0.15) is 42.9 Å². The Morgan fingerprint density at radius 3 is 2.08 bits per heavy atom. The predicted molar refractivity (Wildman–Crippen MR) is 141 cm³/mol. The Balaban J connectivity index is 1.23.